The number of benzene rings is 5. The maximum Gasteiger partial charge on any atom is 1.00 e. The van der Waals surface area contributed by atoms with Gasteiger partial charge in [-0.3, -0.25) is 4.79 Å². The van der Waals surface area contributed by atoms with Crippen LogP contribution in [-0.2, 0) is 35.4 Å². The van der Waals surface area contributed by atoms with Crippen LogP contribution in [0.4, 0.5) is 4.39 Å². The molecule has 68 heavy (non-hydrogen) atoms. The van der Waals surface area contributed by atoms with Crippen LogP contribution in [0.15, 0.2) is 119 Å². The van der Waals surface area contributed by atoms with Crippen molar-refractivity contribution >= 4 is 113 Å². The molecule has 0 amide bonds. The van der Waals surface area contributed by atoms with Gasteiger partial charge in [0.1, 0.15) is 37.6 Å². The fourth-order valence-corrected chi connectivity index (χ4v) is 11.4. The van der Waals surface area contributed by atoms with Crippen LogP contribution in [0, 0.1) is 5.82 Å². The summed E-state index contributed by atoms with van der Waals surface area (Å²) in [6, 6.07) is 20.0. The SMILES string of the molecule is CC(C)n1c(/C=C/[C@@H](O)C[C@@H](O)CC(=O)O)c(-c2ccc(F)cc2)c2ccccc21.O=C1OC(c2ccc(O)c(S(=O)(=O)[O-])c2)(c2ccc(O)c(S(=O)(=O)[O-])c2)c2c(Br)c(Br)c(Br)c(Br)c21.[Na+].[Na+]. The Morgan fingerprint density at radius 3 is 1.81 bits per heavy atom. The Labute approximate surface area is 467 Å². The molecular formula is C44H34Br4FNNa2O14S2. The van der Waals surface area contributed by atoms with Crippen molar-refractivity contribution in [2.45, 2.75) is 60.3 Å². The Hall–Kier alpha value is -2.49. The number of hydrogen-bond donors (Lipinski definition) is 5. The number of para-hydroxylation sites is 1. The Morgan fingerprint density at radius 1 is 0.794 bits per heavy atom. The molecule has 2 heterocycles. The van der Waals surface area contributed by atoms with E-state index in [1.54, 1.807) is 24.3 Å². The molecule has 1 aliphatic heterocycles. The molecule has 0 unspecified atom stereocenters. The van der Waals surface area contributed by atoms with Crippen LogP contribution < -0.4 is 59.1 Å². The van der Waals surface area contributed by atoms with Crippen molar-refractivity contribution in [3.8, 4) is 22.6 Å². The first-order valence-electron chi connectivity index (χ1n) is 19.1. The first-order chi connectivity index (χ1) is 30.8. The zero-order chi connectivity index (χ0) is 48.8. The van der Waals surface area contributed by atoms with Crippen molar-refractivity contribution in [1.82, 2.24) is 4.57 Å². The van der Waals surface area contributed by atoms with Crippen molar-refractivity contribution < 1.29 is 129 Å². The van der Waals surface area contributed by atoms with Crippen LogP contribution in [0.5, 0.6) is 11.5 Å². The number of ether oxygens (including phenoxy) is 1. The molecule has 15 nitrogen and oxygen atoms in total. The van der Waals surface area contributed by atoms with E-state index in [1.807, 2.05) is 24.3 Å². The second-order valence-corrected chi connectivity index (χ2v) is 20.9. The van der Waals surface area contributed by atoms with Crippen molar-refractivity contribution in [1.29, 1.82) is 0 Å². The van der Waals surface area contributed by atoms with Gasteiger partial charge in [-0.1, -0.05) is 48.5 Å². The zero-order valence-corrected chi connectivity index (χ0v) is 47.9. The molecule has 0 spiro atoms. The topological polar surface area (TPSA) is 264 Å². The molecule has 5 N–H and O–H groups in total. The van der Waals surface area contributed by atoms with Gasteiger partial charge in [-0.25, -0.2) is 26.0 Å². The standard InChI is InChI=1S/C24H26FNO4.C20H10Br4O10S2.2Na/c1-15(2)26-21-6-4-3-5-20(21)24(16-7-9-17(25)10-8-16)22(26)12-11-18(27)13-19(28)14-23(29)30;21-15-13-14(16(22)18(24)17(15)23)20(34-19(13)27,7-1-3-9(25)11(5-7)35(28,29)30)8-2-4-10(26)12(6-8)36(31,32)33;;/h3-12,15,18-19,27-28H,13-14H2,1-2H3,(H,29,30);1-6,25-26H,(H,28,29,30)(H,31,32,33);;/q;;2*+1/p-2/b12-11+;;;/t18-,19-;;;/m1.../s1. The van der Waals surface area contributed by atoms with E-state index in [0.717, 1.165) is 64.1 Å². The quantitative estimate of drug-likeness (QED) is 0.0388. The molecule has 0 radical (unpaired) electrons. The molecule has 348 valence electrons. The number of rotatable bonds is 12. The van der Waals surface area contributed by atoms with Gasteiger partial charge >= 0.3 is 71.1 Å². The second kappa shape index (κ2) is 22.9. The van der Waals surface area contributed by atoms with Crippen molar-refractivity contribution in [2.24, 2.45) is 0 Å². The summed E-state index contributed by atoms with van der Waals surface area (Å²) in [7, 11) is -10.4. The number of carbonyl (C=O) groups excluding carboxylic acids is 1. The zero-order valence-electron chi connectivity index (χ0n) is 35.9. The first-order valence-corrected chi connectivity index (χ1v) is 25.1. The minimum atomic E-state index is -5.22. The number of aromatic hydroxyl groups is 2. The number of hydrogen-bond acceptors (Lipinski definition) is 13. The molecule has 2 atom stereocenters. The van der Waals surface area contributed by atoms with Gasteiger partial charge in [0.05, 0.1) is 34.0 Å². The van der Waals surface area contributed by atoms with E-state index < -0.39 is 77.7 Å². The normalized spacial score (nSPS) is 14.1. The average Bonchev–Trinajstić information content (AvgIpc) is 3.73. The third-order valence-corrected chi connectivity index (χ3v) is 16.8. The maximum atomic E-state index is 13.5. The molecule has 24 heteroatoms. The summed E-state index contributed by atoms with van der Waals surface area (Å²) in [4.78, 5) is 21.8. The third kappa shape index (κ3) is 11.9. The van der Waals surface area contributed by atoms with E-state index in [9.17, 15) is 60.3 Å². The largest absolute Gasteiger partial charge is 1.00 e. The molecule has 0 saturated heterocycles. The summed E-state index contributed by atoms with van der Waals surface area (Å²) < 4.78 is 93.5. The third-order valence-electron chi connectivity index (χ3n) is 10.3. The average molecular weight is 1250 g/mol. The molecule has 1 aliphatic rings. The molecule has 0 saturated carbocycles. The molecule has 0 fully saturated rings. The number of aliphatic hydroxyl groups excluding tert-OH is 2. The van der Waals surface area contributed by atoms with Gasteiger partial charge in [-0.15, -0.1) is 0 Å². The number of phenols is 2. The summed E-state index contributed by atoms with van der Waals surface area (Å²) in [6.07, 6.45) is 0.727. The van der Waals surface area contributed by atoms with Crippen LogP contribution >= 0.6 is 63.7 Å². The number of halogens is 5. The number of aliphatic carboxylic acids is 1. The summed E-state index contributed by atoms with van der Waals surface area (Å²) in [5.74, 6) is -4.12. The van der Waals surface area contributed by atoms with E-state index in [-0.39, 0.29) is 109 Å². The Kier molecular flexibility index (Phi) is 19.6. The minimum Gasteiger partial charge on any atom is -0.744 e. The molecule has 5 aromatic carbocycles. The van der Waals surface area contributed by atoms with Gasteiger partial charge in [-0.05, 0) is 132 Å². The number of cyclic esters (lactones) is 1. The first kappa shape index (κ1) is 58.1. The number of carboxylic acids is 1. The number of fused-ring (bicyclic) bond motifs is 2. The smallest absolute Gasteiger partial charge is 0.744 e. The molecule has 0 bridgehead atoms. The van der Waals surface area contributed by atoms with E-state index in [4.69, 9.17) is 9.84 Å². The number of esters is 1. The van der Waals surface area contributed by atoms with Crippen molar-refractivity contribution in [3.63, 3.8) is 0 Å². The van der Waals surface area contributed by atoms with E-state index in [0.29, 0.717) is 8.95 Å². The van der Waals surface area contributed by atoms with Crippen LogP contribution in [-0.4, -0.2) is 80.2 Å². The summed E-state index contributed by atoms with van der Waals surface area (Å²) in [5.41, 5.74) is 1.09. The maximum absolute atomic E-state index is 13.5. The minimum absolute atomic E-state index is 0. The predicted octanol–water partition coefficient (Wildman–Crippen LogP) is 3.05. The van der Waals surface area contributed by atoms with Crippen LogP contribution in [0.3, 0.4) is 0 Å². The number of carbonyl (C=O) groups is 2. The summed E-state index contributed by atoms with van der Waals surface area (Å²) in [5, 5.41) is 49.9. The van der Waals surface area contributed by atoms with Gasteiger partial charge < -0.3 is 43.9 Å². The Bertz CT molecular complexity index is 3110. The van der Waals surface area contributed by atoms with Crippen molar-refractivity contribution in [3.05, 3.63) is 143 Å². The van der Waals surface area contributed by atoms with E-state index in [1.165, 1.54) is 12.1 Å². The summed E-state index contributed by atoms with van der Waals surface area (Å²) in [6.45, 7) is 4.12. The molecule has 1 aromatic heterocycles. The molecular weight excluding hydrogens is 1220 g/mol. The predicted molar refractivity (Wildman–Crippen MR) is 250 cm³/mol. The van der Waals surface area contributed by atoms with Crippen LogP contribution in [0.2, 0.25) is 0 Å². The van der Waals surface area contributed by atoms with E-state index in [2.05, 4.69) is 82.1 Å². The van der Waals surface area contributed by atoms with Crippen LogP contribution in [0.25, 0.3) is 28.1 Å². The fraction of sp³-hybridized carbons (Fsp3) is 0.182. The van der Waals surface area contributed by atoms with Gasteiger partial charge in [0, 0.05) is 69.2 Å². The second-order valence-electron chi connectivity index (χ2n) is 15.0. The van der Waals surface area contributed by atoms with Crippen LogP contribution in [0.1, 0.15) is 65.5 Å². The number of nitrogens with zero attached hydrogens (tertiary/aromatic N) is 1. The van der Waals surface area contributed by atoms with Gasteiger partial charge in [-0.2, -0.15) is 0 Å². The number of aliphatic hydroxyl groups is 2. The summed E-state index contributed by atoms with van der Waals surface area (Å²) >= 11 is 13.3. The van der Waals surface area contributed by atoms with Gasteiger partial charge in [0.2, 0.25) is 0 Å². The Balaban J connectivity index is 0.000000293. The number of carboxylic acid groups (broad SMARTS) is 1. The van der Waals surface area contributed by atoms with Gasteiger partial charge in [0.25, 0.3) is 0 Å². The fourth-order valence-electron chi connectivity index (χ4n) is 7.60. The number of phenolic OH excluding ortho intramolecular Hbond substituents is 2. The van der Waals surface area contributed by atoms with E-state index >= 15 is 0 Å². The number of aromatic nitrogens is 1. The Morgan fingerprint density at radius 2 is 1.31 bits per heavy atom. The molecule has 6 aromatic rings. The van der Waals surface area contributed by atoms with Crippen molar-refractivity contribution in [2.75, 3.05) is 0 Å². The van der Waals surface area contributed by atoms with Gasteiger partial charge in [0.15, 0.2) is 5.60 Å². The monoisotopic (exact) mass is 1240 g/mol. The molecule has 0 aliphatic carbocycles. The molecule has 7 rings (SSSR count).